The maximum atomic E-state index is 5.36. The van der Waals surface area contributed by atoms with Crippen molar-refractivity contribution in [3.8, 4) is 11.5 Å². The van der Waals surface area contributed by atoms with E-state index in [1.54, 1.807) is 7.11 Å². The number of methoxy groups -OCH3 is 1. The van der Waals surface area contributed by atoms with Gasteiger partial charge in [0.1, 0.15) is 11.5 Å². The largest absolute Gasteiger partial charge is 0.497 e. The predicted molar refractivity (Wildman–Crippen MR) is 42.2 cm³/mol. The first-order chi connectivity index (χ1) is 5.40. The third kappa shape index (κ3) is 1.04. The molecule has 11 heavy (non-hydrogen) atoms. The van der Waals surface area contributed by atoms with Gasteiger partial charge in [0.05, 0.1) is 13.7 Å². The van der Waals surface area contributed by atoms with Gasteiger partial charge in [0.15, 0.2) is 0 Å². The molecular formula is C9H10O2. The van der Waals surface area contributed by atoms with Gasteiger partial charge in [-0.2, -0.15) is 0 Å². The van der Waals surface area contributed by atoms with Crippen molar-refractivity contribution < 1.29 is 9.47 Å². The normalized spacial score (nSPS) is 13.9. The molecule has 0 bridgehead atoms. The molecule has 0 N–H and O–H groups in total. The fourth-order valence-corrected chi connectivity index (χ4v) is 1.27. The van der Waals surface area contributed by atoms with Crippen LogP contribution in [0.3, 0.4) is 0 Å². The minimum absolute atomic E-state index is 0.808. The highest BCUT2D eigenvalue weighted by Crippen LogP contribution is 2.28. The molecule has 0 spiro atoms. The summed E-state index contributed by atoms with van der Waals surface area (Å²) in [6, 6.07) is 5.96. The molecular weight excluding hydrogens is 140 g/mol. The maximum Gasteiger partial charge on any atom is 0.126 e. The number of hydrogen-bond donors (Lipinski definition) is 0. The molecule has 0 unspecified atom stereocenters. The van der Waals surface area contributed by atoms with Gasteiger partial charge in [0.2, 0.25) is 0 Å². The Morgan fingerprint density at radius 2 is 2.36 bits per heavy atom. The zero-order valence-corrected chi connectivity index (χ0v) is 6.46. The second kappa shape index (κ2) is 2.46. The van der Waals surface area contributed by atoms with Crippen LogP contribution in [-0.2, 0) is 6.42 Å². The molecule has 0 atom stereocenters. The Morgan fingerprint density at radius 1 is 1.45 bits per heavy atom. The molecule has 0 amide bonds. The Bertz CT molecular complexity index is 268. The molecule has 0 aromatic heterocycles. The third-order valence-electron chi connectivity index (χ3n) is 1.90. The number of rotatable bonds is 1. The average molecular weight is 150 g/mol. The van der Waals surface area contributed by atoms with Crippen LogP contribution in [-0.4, -0.2) is 13.7 Å². The lowest BCUT2D eigenvalue weighted by molar-refractivity contribution is 0.353. The first kappa shape index (κ1) is 6.53. The van der Waals surface area contributed by atoms with Gasteiger partial charge in [-0.1, -0.05) is 6.07 Å². The van der Waals surface area contributed by atoms with Gasteiger partial charge in [-0.15, -0.1) is 0 Å². The van der Waals surface area contributed by atoms with Crippen LogP contribution >= 0.6 is 0 Å². The lowest BCUT2D eigenvalue weighted by atomic mass is 10.2. The molecule has 1 aromatic rings. The van der Waals surface area contributed by atoms with Crippen LogP contribution in [0.2, 0.25) is 0 Å². The fraction of sp³-hybridized carbons (Fsp3) is 0.333. The summed E-state index contributed by atoms with van der Waals surface area (Å²) >= 11 is 0. The highest BCUT2D eigenvalue weighted by molar-refractivity contribution is 5.42. The molecule has 0 saturated carbocycles. The summed E-state index contributed by atoms with van der Waals surface area (Å²) in [6.07, 6.45) is 1.03. The molecule has 2 heteroatoms. The number of hydrogen-bond acceptors (Lipinski definition) is 2. The Hall–Kier alpha value is -1.18. The Balaban J connectivity index is 2.41. The van der Waals surface area contributed by atoms with Gasteiger partial charge in [0.25, 0.3) is 0 Å². The summed E-state index contributed by atoms with van der Waals surface area (Å²) in [5.41, 5.74) is 1.28. The van der Waals surface area contributed by atoms with E-state index in [0.717, 1.165) is 24.5 Å². The summed E-state index contributed by atoms with van der Waals surface area (Å²) in [7, 11) is 1.66. The van der Waals surface area contributed by atoms with Crippen LogP contribution in [0.4, 0.5) is 0 Å². The van der Waals surface area contributed by atoms with Gasteiger partial charge in [-0.3, -0.25) is 0 Å². The number of ether oxygens (including phenoxy) is 2. The summed E-state index contributed by atoms with van der Waals surface area (Å²) in [5, 5.41) is 0. The van der Waals surface area contributed by atoms with Crippen LogP contribution < -0.4 is 9.47 Å². The Labute approximate surface area is 65.7 Å². The zero-order valence-electron chi connectivity index (χ0n) is 6.46. The monoisotopic (exact) mass is 150 g/mol. The minimum atomic E-state index is 0.808. The Kier molecular flexibility index (Phi) is 1.46. The topological polar surface area (TPSA) is 18.5 Å². The van der Waals surface area contributed by atoms with Crippen molar-refractivity contribution in [1.82, 2.24) is 0 Å². The van der Waals surface area contributed by atoms with E-state index in [9.17, 15) is 0 Å². The number of benzene rings is 1. The summed E-state index contributed by atoms with van der Waals surface area (Å²) < 4.78 is 10.4. The standard InChI is InChI=1S/C9H10O2/c1-10-8-3-2-7-4-5-11-9(7)6-8/h2-3,6H,4-5H2,1H3. The SMILES string of the molecule is COc1ccc2c(c1)OCC2. The van der Waals surface area contributed by atoms with Crippen LogP contribution in [0.5, 0.6) is 11.5 Å². The van der Waals surface area contributed by atoms with Gasteiger partial charge < -0.3 is 9.47 Å². The van der Waals surface area contributed by atoms with E-state index in [1.165, 1.54) is 5.56 Å². The lowest BCUT2D eigenvalue weighted by Crippen LogP contribution is -1.86. The van der Waals surface area contributed by atoms with E-state index in [4.69, 9.17) is 9.47 Å². The van der Waals surface area contributed by atoms with Crippen LogP contribution in [0.15, 0.2) is 18.2 Å². The highest BCUT2D eigenvalue weighted by atomic mass is 16.5. The molecule has 0 saturated heterocycles. The van der Waals surface area contributed by atoms with Crippen LogP contribution in [0, 0.1) is 0 Å². The first-order valence-electron chi connectivity index (χ1n) is 3.70. The Morgan fingerprint density at radius 3 is 3.18 bits per heavy atom. The predicted octanol–water partition coefficient (Wildman–Crippen LogP) is 1.63. The van der Waals surface area contributed by atoms with E-state index in [2.05, 4.69) is 6.07 Å². The molecule has 2 rings (SSSR count). The van der Waals surface area contributed by atoms with Gasteiger partial charge in [-0.25, -0.2) is 0 Å². The molecule has 1 heterocycles. The molecule has 2 nitrogen and oxygen atoms in total. The second-order valence-corrected chi connectivity index (χ2v) is 2.57. The van der Waals surface area contributed by atoms with Crippen molar-refractivity contribution in [3.63, 3.8) is 0 Å². The van der Waals surface area contributed by atoms with Crippen LogP contribution in [0.1, 0.15) is 5.56 Å². The van der Waals surface area contributed by atoms with E-state index < -0.39 is 0 Å². The maximum absolute atomic E-state index is 5.36. The highest BCUT2D eigenvalue weighted by Gasteiger charge is 2.11. The van der Waals surface area contributed by atoms with Crippen molar-refractivity contribution in [2.75, 3.05) is 13.7 Å². The number of fused-ring (bicyclic) bond motifs is 1. The third-order valence-corrected chi connectivity index (χ3v) is 1.90. The van der Waals surface area contributed by atoms with Crippen molar-refractivity contribution in [3.05, 3.63) is 23.8 Å². The minimum Gasteiger partial charge on any atom is -0.497 e. The van der Waals surface area contributed by atoms with E-state index >= 15 is 0 Å². The van der Waals surface area contributed by atoms with Gasteiger partial charge in [-0.05, 0) is 11.6 Å². The molecule has 0 aliphatic carbocycles. The molecule has 58 valence electrons. The molecule has 1 aliphatic heterocycles. The quantitative estimate of drug-likeness (QED) is 0.605. The van der Waals surface area contributed by atoms with Gasteiger partial charge in [0, 0.05) is 12.5 Å². The first-order valence-corrected chi connectivity index (χ1v) is 3.70. The van der Waals surface area contributed by atoms with Crippen molar-refractivity contribution in [1.29, 1.82) is 0 Å². The second-order valence-electron chi connectivity index (χ2n) is 2.57. The molecule has 0 fully saturated rings. The van der Waals surface area contributed by atoms with Crippen LogP contribution in [0.25, 0.3) is 0 Å². The van der Waals surface area contributed by atoms with Crippen molar-refractivity contribution in [2.45, 2.75) is 6.42 Å². The molecule has 1 aromatic carbocycles. The lowest BCUT2D eigenvalue weighted by Gasteiger charge is -2.01. The van der Waals surface area contributed by atoms with E-state index in [1.807, 2.05) is 12.1 Å². The average Bonchev–Trinajstić information content (AvgIpc) is 2.50. The summed E-state index contributed by atoms with van der Waals surface area (Å²) in [4.78, 5) is 0. The molecule has 0 radical (unpaired) electrons. The summed E-state index contributed by atoms with van der Waals surface area (Å²) in [6.45, 7) is 0.808. The smallest absolute Gasteiger partial charge is 0.126 e. The van der Waals surface area contributed by atoms with Crippen molar-refractivity contribution in [2.24, 2.45) is 0 Å². The van der Waals surface area contributed by atoms with Gasteiger partial charge >= 0.3 is 0 Å². The fourth-order valence-electron chi connectivity index (χ4n) is 1.27. The molecule has 1 aliphatic rings. The van der Waals surface area contributed by atoms with E-state index in [0.29, 0.717) is 0 Å². The summed E-state index contributed by atoms with van der Waals surface area (Å²) in [5.74, 6) is 1.84. The van der Waals surface area contributed by atoms with Crippen molar-refractivity contribution >= 4 is 0 Å². The van der Waals surface area contributed by atoms with E-state index in [-0.39, 0.29) is 0 Å². The zero-order chi connectivity index (χ0) is 7.68.